The summed E-state index contributed by atoms with van der Waals surface area (Å²) in [5, 5.41) is 11.1. The Morgan fingerprint density at radius 1 is 1.22 bits per heavy atom. The van der Waals surface area contributed by atoms with Gasteiger partial charge < -0.3 is 9.15 Å². The molecule has 0 N–H and O–H groups in total. The molecular formula is C17H14N2O4. The number of aromatic nitrogens is 1. The molecule has 0 amide bonds. The molecule has 6 heteroatoms. The van der Waals surface area contributed by atoms with E-state index in [4.69, 9.17) is 9.15 Å². The highest BCUT2D eigenvalue weighted by Gasteiger charge is 2.16. The summed E-state index contributed by atoms with van der Waals surface area (Å²) in [5.41, 5.74) is 1.64. The van der Waals surface area contributed by atoms with E-state index in [-0.39, 0.29) is 18.0 Å². The van der Waals surface area contributed by atoms with Crippen LogP contribution in [0.3, 0.4) is 0 Å². The third-order valence-corrected chi connectivity index (χ3v) is 3.27. The van der Waals surface area contributed by atoms with Crippen LogP contribution in [0, 0.1) is 17.0 Å². The number of ether oxygens (including phenoxy) is 1. The van der Waals surface area contributed by atoms with Gasteiger partial charge in [0.05, 0.1) is 11.1 Å². The third kappa shape index (κ3) is 3.37. The Labute approximate surface area is 132 Å². The number of nitrogens with zero attached hydrogens (tertiary/aromatic N) is 2. The number of hydrogen-bond acceptors (Lipinski definition) is 5. The molecule has 3 aromatic rings. The molecule has 0 aliphatic heterocycles. The van der Waals surface area contributed by atoms with E-state index in [0.29, 0.717) is 11.7 Å². The van der Waals surface area contributed by atoms with Crippen LogP contribution in [0.5, 0.6) is 5.75 Å². The molecule has 0 fully saturated rings. The minimum absolute atomic E-state index is 0.0245. The van der Waals surface area contributed by atoms with Crippen LogP contribution in [-0.2, 0) is 6.61 Å². The fourth-order valence-corrected chi connectivity index (χ4v) is 2.14. The van der Waals surface area contributed by atoms with Gasteiger partial charge in [0.1, 0.15) is 0 Å². The van der Waals surface area contributed by atoms with E-state index in [9.17, 15) is 10.1 Å². The lowest BCUT2D eigenvalue weighted by Crippen LogP contribution is -1.99. The standard InChI is InChI=1S/C17H14N2O4/c1-12-7-8-15(14(9-12)19(20)21)22-11-17-18-10-16(23-17)13-5-3-2-4-6-13/h2-10H,11H2,1H3. The molecule has 0 unspecified atom stereocenters. The molecule has 116 valence electrons. The second-order valence-corrected chi connectivity index (χ2v) is 5.00. The lowest BCUT2D eigenvalue weighted by atomic mass is 10.2. The van der Waals surface area contributed by atoms with E-state index in [2.05, 4.69) is 4.98 Å². The Hall–Kier alpha value is -3.15. The van der Waals surface area contributed by atoms with Crippen molar-refractivity contribution < 1.29 is 14.1 Å². The number of benzene rings is 2. The molecule has 2 aromatic carbocycles. The first-order chi connectivity index (χ1) is 11.1. The van der Waals surface area contributed by atoms with Gasteiger partial charge in [0.15, 0.2) is 18.1 Å². The van der Waals surface area contributed by atoms with Gasteiger partial charge in [-0.3, -0.25) is 10.1 Å². The van der Waals surface area contributed by atoms with Crippen molar-refractivity contribution in [2.24, 2.45) is 0 Å². The van der Waals surface area contributed by atoms with E-state index in [1.165, 1.54) is 6.07 Å². The summed E-state index contributed by atoms with van der Waals surface area (Å²) in [6.07, 6.45) is 1.61. The molecule has 0 atom stereocenters. The molecule has 0 saturated carbocycles. The van der Waals surface area contributed by atoms with Crippen LogP contribution in [0.25, 0.3) is 11.3 Å². The molecule has 23 heavy (non-hydrogen) atoms. The maximum Gasteiger partial charge on any atom is 0.311 e. The highest BCUT2D eigenvalue weighted by atomic mass is 16.6. The van der Waals surface area contributed by atoms with Crippen LogP contribution in [0.2, 0.25) is 0 Å². The van der Waals surface area contributed by atoms with Gasteiger partial charge in [0, 0.05) is 11.6 Å². The first kappa shape index (κ1) is 14.8. The molecule has 6 nitrogen and oxygen atoms in total. The minimum Gasteiger partial charge on any atom is -0.477 e. The smallest absolute Gasteiger partial charge is 0.311 e. The summed E-state index contributed by atoms with van der Waals surface area (Å²) in [6.45, 7) is 1.81. The lowest BCUT2D eigenvalue weighted by molar-refractivity contribution is -0.386. The molecule has 1 aromatic heterocycles. The van der Waals surface area contributed by atoms with Crippen LogP contribution in [0.15, 0.2) is 59.1 Å². The second kappa shape index (κ2) is 6.31. The molecule has 0 spiro atoms. The number of hydrogen-bond donors (Lipinski definition) is 0. The van der Waals surface area contributed by atoms with Gasteiger partial charge in [-0.15, -0.1) is 0 Å². The quantitative estimate of drug-likeness (QED) is 0.523. The Kier molecular flexibility index (Phi) is 4.05. The Bertz CT molecular complexity index is 828. The number of nitro benzene ring substituents is 1. The molecule has 0 saturated heterocycles. The van der Waals surface area contributed by atoms with Gasteiger partial charge in [-0.2, -0.15) is 0 Å². The third-order valence-electron chi connectivity index (χ3n) is 3.27. The molecule has 3 rings (SSSR count). The Morgan fingerprint density at radius 2 is 2.00 bits per heavy atom. The molecule has 0 bridgehead atoms. The van der Waals surface area contributed by atoms with E-state index < -0.39 is 4.92 Å². The van der Waals surface area contributed by atoms with Crippen LogP contribution in [0.4, 0.5) is 5.69 Å². The van der Waals surface area contributed by atoms with E-state index in [1.807, 2.05) is 30.3 Å². The molecule has 1 heterocycles. The van der Waals surface area contributed by atoms with Crippen molar-refractivity contribution in [3.63, 3.8) is 0 Å². The maximum absolute atomic E-state index is 11.1. The fraction of sp³-hybridized carbons (Fsp3) is 0.118. The first-order valence-electron chi connectivity index (χ1n) is 7.01. The predicted octanol–water partition coefficient (Wildman–Crippen LogP) is 4.14. The van der Waals surface area contributed by atoms with E-state index in [0.717, 1.165) is 11.1 Å². The summed E-state index contributed by atoms with van der Waals surface area (Å²) in [6, 6.07) is 14.4. The van der Waals surface area contributed by atoms with E-state index in [1.54, 1.807) is 25.3 Å². The Morgan fingerprint density at radius 3 is 2.74 bits per heavy atom. The minimum atomic E-state index is -0.465. The number of nitro groups is 1. The monoisotopic (exact) mass is 310 g/mol. The second-order valence-electron chi connectivity index (χ2n) is 5.00. The molecule has 0 aliphatic rings. The average molecular weight is 310 g/mol. The summed E-state index contributed by atoms with van der Waals surface area (Å²) < 4.78 is 11.1. The average Bonchev–Trinajstić information content (AvgIpc) is 3.03. The van der Waals surface area contributed by atoms with Crippen molar-refractivity contribution in [1.82, 2.24) is 4.98 Å². The molecule has 0 aliphatic carbocycles. The Balaban J connectivity index is 1.75. The predicted molar refractivity (Wildman–Crippen MR) is 84.1 cm³/mol. The van der Waals surface area contributed by atoms with Crippen molar-refractivity contribution in [2.75, 3.05) is 0 Å². The zero-order valence-corrected chi connectivity index (χ0v) is 12.4. The summed E-state index contributed by atoms with van der Waals surface area (Å²) in [4.78, 5) is 14.7. The van der Waals surface area contributed by atoms with Crippen molar-refractivity contribution in [3.8, 4) is 17.1 Å². The zero-order valence-electron chi connectivity index (χ0n) is 12.4. The van der Waals surface area contributed by atoms with Gasteiger partial charge in [-0.25, -0.2) is 4.98 Å². The van der Waals surface area contributed by atoms with Crippen LogP contribution < -0.4 is 4.74 Å². The first-order valence-corrected chi connectivity index (χ1v) is 7.01. The van der Waals surface area contributed by atoms with Gasteiger partial charge in [-0.05, 0) is 18.6 Å². The topological polar surface area (TPSA) is 78.4 Å². The highest BCUT2D eigenvalue weighted by Crippen LogP contribution is 2.28. The highest BCUT2D eigenvalue weighted by molar-refractivity contribution is 5.55. The van der Waals surface area contributed by atoms with Gasteiger partial charge in [-0.1, -0.05) is 36.4 Å². The largest absolute Gasteiger partial charge is 0.477 e. The van der Waals surface area contributed by atoms with Crippen molar-refractivity contribution >= 4 is 5.69 Å². The van der Waals surface area contributed by atoms with Crippen LogP contribution >= 0.6 is 0 Å². The summed E-state index contributed by atoms with van der Waals surface area (Å²) in [5.74, 6) is 1.18. The number of aryl methyl sites for hydroxylation is 1. The SMILES string of the molecule is Cc1ccc(OCc2ncc(-c3ccccc3)o2)c([N+](=O)[O-])c1. The molecular weight excluding hydrogens is 296 g/mol. The lowest BCUT2D eigenvalue weighted by Gasteiger charge is -2.05. The summed E-state index contributed by atoms with van der Waals surface area (Å²) in [7, 11) is 0. The normalized spacial score (nSPS) is 10.5. The summed E-state index contributed by atoms with van der Waals surface area (Å²) >= 11 is 0. The van der Waals surface area contributed by atoms with Gasteiger partial charge >= 0.3 is 5.69 Å². The van der Waals surface area contributed by atoms with Crippen molar-refractivity contribution in [3.05, 3.63) is 76.3 Å². The van der Waals surface area contributed by atoms with E-state index >= 15 is 0 Å². The number of rotatable bonds is 5. The maximum atomic E-state index is 11.1. The van der Waals surface area contributed by atoms with Gasteiger partial charge in [0.2, 0.25) is 5.89 Å². The zero-order chi connectivity index (χ0) is 16.2. The fourth-order valence-electron chi connectivity index (χ4n) is 2.14. The van der Waals surface area contributed by atoms with Crippen LogP contribution in [-0.4, -0.2) is 9.91 Å². The molecule has 0 radical (unpaired) electrons. The van der Waals surface area contributed by atoms with Crippen molar-refractivity contribution in [2.45, 2.75) is 13.5 Å². The van der Waals surface area contributed by atoms with Gasteiger partial charge in [0.25, 0.3) is 0 Å². The van der Waals surface area contributed by atoms with Crippen molar-refractivity contribution in [1.29, 1.82) is 0 Å². The van der Waals surface area contributed by atoms with Crippen LogP contribution in [0.1, 0.15) is 11.5 Å². The number of oxazole rings is 1.